The summed E-state index contributed by atoms with van der Waals surface area (Å²) in [6.07, 6.45) is -4.57. The fraction of sp³-hybridized carbons (Fsp3) is 0.348. The van der Waals surface area contributed by atoms with Gasteiger partial charge < -0.3 is 9.88 Å². The summed E-state index contributed by atoms with van der Waals surface area (Å²) in [4.78, 5) is 8.34. The number of nitrogens with zero attached hydrogens (tertiary/aromatic N) is 5. The molecule has 4 heterocycles. The first-order valence-electron chi connectivity index (χ1n) is 11.0. The van der Waals surface area contributed by atoms with Gasteiger partial charge in [-0.05, 0) is 61.6 Å². The van der Waals surface area contributed by atoms with Gasteiger partial charge in [0, 0.05) is 28.8 Å². The van der Waals surface area contributed by atoms with Gasteiger partial charge >= 0.3 is 12.4 Å². The van der Waals surface area contributed by atoms with E-state index in [1.165, 1.54) is 6.33 Å². The van der Waals surface area contributed by atoms with Crippen LogP contribution in [0.1, 0.15) is 42.4 Å². The highest BCUT2D eigenvalue weighted by atomic mass is 19.4. The van der Waals surface area contributed by atoms with E-state index in [9.17, 15) is 26.3 Å². The third-order valence-electron chi connectivity index (χ3n) is 6.93. The first kappa shape index (κ1) is 21.9. The van der Waals surface area contributed by atoms with Crippen molar-refractivity contribution in [2.24, 2.45) is 5.92 Å². The van der Waals surface area contributed by atoms with Crippen LogP contribution in [0, 0.1) is 5.92 Å². The van der Waals surface area contributed by atoms with Crippen LogP contribution in [-0.4, -0.2) is 30.8 Å². The molecule has 35 heavy (non-hydrogen) atoms. The SMILES string of the molecule is FC(F)(F)c1cc(N2[C@@H]3CC[C@@H](C3)[C@H]2c2nncn2-c2ccc3[nH]ccc3c2)nc(C(F)(F)F)c1. The van der Waals surface area contributed by atoms with Crippen LogP contribution in [0.2, 0.25) is 0 Å². The van der Waals surface area contributed by atoms with E-state index in [-0.39, 0.29) is 23.8 Å². The molecule has 0 radical (unpaired) electrons. The Morgan fingerprint density at radius 3 is 2.54 bits per heavy atom. The highest BCUT2D eigenvalue weighted by Crippen LogP contribution is 2.52. The quantitative estimate of drug-likeness (QED) is 0.361. The standard InChI is InChI=1S/C23H18F6N6/c24-22(25,26)14-9-18(23(27,28)29)32-19(10-14)35-16-2-1-13(8-16)20(35)21-33-31-11-34(21)15-3-4-17-12(7-15)5-6-30-17/h3-7,9-11,13,16,20,30H,1-2,8H2/t13-,16+,20-/m0/s1. The summed E-state index contributed by atoms with van der Waals surface area (Å²) in [7, 11) is 0. The number of anilines is 1. The second kappa shape index (κ2) is 7.46. The van der Waals surface area contributed by atoms with E-state index < -0.39 is 29.7 Å². The minimum Gasteiger partial charge on any atom is -0.361 e. The Balaban J connectivity index is 1.47. The number of nitrogens with one attached hydrogen (secondary N) is 1. The molecule has 1 saturated heterocycles. The zero-order chi connectivity index (χ0) is 24.5. The van der Waals surface area contributed by atoms with Crippen molar-refractivity contribution < 1.29 is 26.3 Å². The van der Waals surface area contributed by atoms with Crippen molar-refractivity contribution in [3.8, 4) is 5.69 Å². The van der Waals surface area contributed by atoms with Gasteiger partial charge in [0.15, 0.2) is 5.82 Å². The molecule has 0 amide bonds. The molecule has 1 aliphatic heterocycles. The van der Waals surface area contributed by atoms with E-state index >= 15 is 0 Å². The number of rotatable bonds is 3. The summed E-state index contributed by atoms with van der Waals surface area (Å²) in [6.45, 7) is 0. The number of aromatic nitrogens is 5. The molecule has 0 spiro atoms. The molecule has 1 N–H and O–H groups in total. The number of piperidine rings is 1. The summed E-state index contributed by atoms with van der Waals surface area (Å²) in [5.41, 5.74) is -1.27. The number of pyridine rings is 1. The largest absolute Gasteiger partial charge is 0.433 e. The first-order valence-corrected chi connectivity index (χ1v) is 11.0. The Morgan fingerprint density at radius 2 is 1.77 bits per heavy atom. The molecule has 12 heteroatoms. The Bertz CT molecular complexity index is 1370. The number of alkyl halides is 6. The van der Waals surface area contributed by atoms with Gasteiger partial charge in [0.05, 0.1) is 11.6 Å². The molecule has 1 saturated carbocycles. The number of H-pyrrole nitrogens is 1. The predicted molar refractivity (Wildman–Crippen MR) is 114 cm³/mol. The molecule has 0 unspecified atom stereocenters. The first-order chi connectivity index (χ1) is 16.6. The Hall–Kier alpha value is -3.57. The van der Waals surface area contributed by atoms with Gasteiger partial charge in [-0.3, -0.25) is 4.57 Å². The van der Waals surface area contributed by atoms with Gasteiger partial charge in [0.2, 0.25) is 0 Å². The number of benzene rings is 1. The maximum atomic E-state index is 13.5. The molecule has 3 atom stereocenters. The summed E-state index contributed by atoms with van der Waals surface area (Å²) >= 11 is 0. The third kappa shape index (κ3) is 3.62. The zero-order valence-corrected chi connectivity index (χ0v) is 18.0. The molecular formula is C23H18F6N6. The van der Waals surface area contributed by atoms with Crippen molar-refractivity contribution in [2.75, 3.05) is 4.90 Å². The fourth-order valence-electron chi connectivity index (χ4n) is 5.44. The lowest BCUT2D eigenvalue weighted by Crippen LogP contribution is -2.37. The number of hydrogen-bond acceptors (Lipinski definition) is 4. The normalized spacial score (nSPS) is 22.5. The summed E-state index contributed by atoms with van der Waals surface area (Å²) in [6, 6.07) is 7.52. The third-order valence-corrected chi connectivity index (χ3v) is 6.93. The van der Waals surface area contributed by atoms with Crippen molar-refractivity contribution >= 4 is 16.7 Å². The predicted octanol–water partition coefficient (Wildman–Crippen LogP) is 5.91. The highest BCUT2D eigenvalue weighted by molar-refractivity contribution is 5.81. The number of aromatic amines is 1. The van der Waals surface area contributed by atoms with Crippen LogP contribution in [-0.2, 0) is 12.4 Å². The van der Waals surface area contributed by atoms with Gasteiger partial charge in [-0.1, -0.05) is 0 Å². The van der Waals surface area contributed by atoms with Crippen LogP contribution in [0.15, 0.2) is 48.9 Å². The van der Waals surface area contributed by atoms with Crippen molar-refractivity contribution in [3.63, 3.8) is 0 Å². The fourth-order valence-corrected chi connectivity index (χ4v) is 5.44. The van der Waals surface area contributed by atoms with Crippen molar-refractivity contribution in [3.05, 3.63) is 66.0 Å². The summed E-state index contributed by atoms with van der Waals surface area (Å²) < 4.78 is 82.8. The Kier molecular flexibility index (Phi) is 4.68. The van der Waals surface area contributed by atoms with Crippen LogP contribution in [0.4, 0.5) is 32.2 Å². The lowest BCUT2D eigenvalue weighted by atomic mass is 9.97. The van der Waals surface area contributed by atoms with E-state index in [1.807, 2.05) is 24.3 Å². The molecule has 2 fully saturated rings. The molecule has 3 aromatic heterocycles. The van der Waals surface area contributed by atoms with Gasteiger partial charge in [-0.15, -0.1) is 10.2 Å². The monoisotopic (exact) mass is 492 g/mol. The smallest absolute Gasteiger partial charge is 0.361 e. The van der Waals surface area contributed by atoms with Gasteiger partial charge in [-0.25, -0.2) is 4.98 Å². The molecular weight excluding hydrogens is 474 g/mol. The molecule has 4 aromatic rings. The molecule has 2 aliphatic rings. The van der Waals surface area contributed by atoms with Crippen LogP contribution in [0.3, 0.4) is 0 Å². The van der Waals surface area contributed by atoms with E-state index in [4.69, 9.17) is 0 Å². The molecule has 6 rings (SSSR count). The van der Waals surface area contributed by atoms with E-state index in [2.05, 4.69) is 20.2 Å². The van der Waals surface area contributed by atoms with Gasteiger partial charge in [0.25, 0.3) is 0 Å². The van der Waals surface area contributed by atoms with E-state index in [1.54, 1.807) is 15.7 Å². The maximum absolute atomic E-state index is 13.5. The minimum atomic E-state index is -5.02. The molecule has 6 nitrogen and oxygen atoms in total. The van der Waals surface area contributed by atoms with Gasteiger partial charge in [0.1, 0.15) is 17.8 Å². The number of hydrogen-bond donors (Lipinski definition) is 1. The number of halogens is 6. The molecule has 2 bridgehead atoms. The second-order valence-corrected chi connectivity index (χ2v) is 8.98. The Morgan fingerprint density at radius 1 is 0.943 bits per heavy atom. The average Bonchev–Trinajstić information content (AvgIpc) is 3.60. The lowest BCUT2D eigenvalue weighted by molar-refractivity contribution is -0.145. The average molecular weight is 492 g/mol. The highest BCUT2D eigenvalue weighted by Gasteiger charge is 2.50. The van der Waals surface area contributed by atoms with Gasteiger partial charge in [-0.2, -0.15) is 26.3 Å². The molecule has 1 aromatic carbocycles. The maximum Gasteiger partial charge on any atom is 0.433 e. The lowest BCUT2D eigenvalue weighted by Gasteiger charge is -2.36. The zero-order valence-electron chi connectivity index (χ0n) is 18.0. The molecule has 182 valence electrons. The van der Waals surface area contributed by atoms with E-state index in [0.29, 0.717) is 24.7 Å². The van der Waals surface area contributed by atoms with Crippen LogP contribution >= 0.6 is 0 Å². The Labute approximate surface area is 194 Å². The summed E-state index contributed by atoms with van der Waals surface area (Å²) in [5.74, 6) is 0.115. The second-order valence-electron chi connectivity index (χ2n) is 8.98. The van der Waals surface area contributed by atoms with Crippen molar-refractivity contribution in [2.45, 2.75) is 43.7 Å². The van der Waals surface area contributed by atoms with Crippen molar-refractivity contribution in [1.29, 1.82) is 0 Å². The molecule has 1 aliphatic carbocycles. The summed E-state index contributed by atoms with van der Waals surface area (Å²) in [5, 5.41) is 9.25. The van der Waals surface area contributed by atoms with Crippen LogP contribution < -0.4 is 4.90 Å². The van der Waals surface area contributed by atoms with Crippen LogP contribution in [0.5, 0.6) is 0 Å². The van der Waals surface area contributed by atoms with E-state index in [0.717, 1.165) is 23.0 Å². The van der Waals surface area contributed by atoms with Crippen molar-refractivity contribution in [1.82, 2.24) is 24.7 Å². The topological polar surface area (TPSA) is 62.6 Å². The number of fused-ring (bicyclic) bond motifs is 3. The van der Waals surface area contributed by atoms with Crippen LogP contribution in [0.25, 0.3) is 16.6 Å². The minimum absolute atomic E-state index is 0.00428.